The molecule has 0 atom stereocenters. The van der Waals surface area contributed by atoms with Crippen LogP contribution in [0.1, 0.15) is 17.1 Å². The fourth-order valence-electron chi connectivity index (χ4n) is 3.22. The second-order valence-electron chi connectivity index (χ2n) is 6.45. The maximum Gasteiger partial charge on any atom is 0.248 e. The predicted octanol–water partition coefficient (Wildman–Crippen LogP) is 2.98. The molecule has 7 nitrogen and oxygen atoms in total. The number of thiophene rings is 1. The fraction of sp³-hybridized carbons (Fsp3) is 0.412. The minimum Gasteiger partial charge on any atom is -0.360 e. The second kappa shape index (κ2) is 7.44. The number of thiazole rings is 1. The molecule has 1 aliphatic heterocycles. The summed E-state index contributed by atoms with van der Waals surface area (Å²) in [5.74, 6) is 0.346. The summed E-state index contributed by atoms with van der Waals surface area (Å²) in [7, 11) is -3.56. The zero-order chi connectivity index (χ0) is 19.0. The Balaban J connectivity index is 1.39. The van der Waals surface area contributed by atoms with E-state index in [1.807, 2.05) is 6.07 Å². The lowest BCUT2D eigenvalue weighted by Crippen LogP contribution is -2.48. The second-order valence-corrected chi connectivity index (χ2v) is 10.1. The number of sulfonamides is 1. The molecular formula is C17H20N4O3S3. The highest BCUT2D eigenvalue weighted by molar-refractivity contribution is 7.89. The van der Waals surface area contributed by atoms with Crippen molar-refractivity contribution < 1.29 is 12.9 Å². The van der Waals surface area contributed by atoms with Gasteiger partial charge in [0.05, 0.1) is 10.6 Å². The number of nitrogens with zero attached hydrogens (tertiary/aromatic N) is 4. The number of hydrogen-bond donors (Lipinski definition) is 0. The molecule has 1 saturated heterocycles. The van der Waals surface area contributed by atoms with Crippen LogP contribution in [0.4, 0.5) is 0 Å². The van der Waals surface area contributed by atoms with Crippen molar-refractivity contribution in [3.8, 4) is 9.88 Å². The van der Waals surface area contributed by atoms with Crippen LogP contribution in [-0.4, -0.2) is 53.9 Å². The summed E-state index contributed by atoms with van der Waals surface area (Å²) < 4.78 is 32.3. The van der Waals surface area contributed by atoms with Crippen LogP contribution >= 0.6 is 22.7 Å². The highest BCUT2D eigenvalue weighted by Crippen LogP contribution is 2.29. The van der Waals surface area contributed by atoms with Gasteiger partial charge in [0.1, 0.15) is 15.6 Å². The number of hydrogen-bond acceptors (Lipinski definition) is 8. The van der Waals surface area contributed by atoms with Gasteiger partial charge in [-0.3, -0.25) is 4.90 Å². The van der Waals surface area contributed by atoms with Crippen LogP contribution in [0.2, 0.25) is 0 Å². The first-order valence-electron chi connectivity index (χ1n) is 8.59. The number of rotatable bonds is 5. The van der Waals surface area contributed by atoms with Gasteiger partial charge in [0, 0.05) is 38.1 Å². The van der Waals surface area contributed by atoms with Gasteiger partial charge in [0.15, 0.2) is 5.76 Å². The highest BCUT2D eigenvalue weighted by Gasteiger charge is 2.33. The van der Waals surface area contributed by atoms with Crippen LogP contribution in [0.3, 0.4) is 0 Å². The average molecular weight is 425 g/mol. The van der Waals surface area contributed by atoms with Crippen molar-refractivity contribution in [2.75, 3.05) is 26.2 Å². The molecule has 10 heteroatoms. The molecule has 0 N–H and O–H groups in total. The van der Waals surface area contributed by atoms with Crippen molar-refractivity contribution in [2.45, 2.75) is 25.3 Å². The van der Waals surface area contributed by atoms with Gasteiger partial charge < -0.3 is 4.52 Å². The Morgan fingerprint density at radius 2 is 1.96 bits per heavy atom. The van der Waals surface area contributed by atoms with Crippen LogP contribution < -0.4 is 0 Å². The third kappa shape index (κ3) is 3.72. The summed E-state index contributed by atoms with van der Waals surface area (Å²) in [6, 6.07) is 4.10. The molecular weight excluding hydrogens is 404 g/mol. The Morgan fingerprint density at radius 3 is 2.59 bits per heavy atom. The molecule has 144 valence electrons. The van der Waals surface area contributed by atoms with Gasteiger partial charge in [-0.15, -0.1) is 22.7 Å². The molecule has 4 heterocycles. The highest BCUT2D eigenvalue weighted by atomic mass is 32.2. The molecule has 3 aromatic rings. The maximum absolute atomic E-state index is 12.9. The molecule has 0 spiro atoms. The molecule has 0 saturated carbocycles. The molecule has 0 aliphatic carbocycles. The lowest BCUT2D eigenvalue weighted by atomic mass is 10.3. The molecule has 27 heavy (non-hydrogen) atoms. The van der Waals surface area contributed by atoms with E-state index in [-0.39, 0.29) is 4.90 Å². The van der Waals surface area contributed by atoms with Crippen molar-refractivity contribution in [2.24, 2.45) is 0 Å². The third-order valence-corrected chi connectivity index (χ3v) is 8.64. The van der Waals surface area contributed by atoms with Crippen molar-refractivity contribution in [1.82, 2.24) is 19.3 Å². The zero-order valence-electron chi connectivity index (χ0n) is 15.1. The average Bonchev–Trinajstić information content (AvgIpc) is 3.37. The third-order valence-electron chi connectivity index (χ3n) is 4.57. The minimum atomic E-state index is -3.56. The molecule has 1 fully saturated rings. The fourth-order valence-corrected chi connectivity index (χ4v) is 6.56. The van der Waals surface area contributed by atoms with Crippen LogP contribution in [0.25, 0.3) is 9.88 Å². The van der Waals surface area contributed by atoms with Gasteiger partial charge in [-0.2, -0.15) is 4.31 Å². The summed E-state index contributed by atoms with van der Waals surface area (Å²) >= 11 is 3.34. The Bertz CT molecular complexity index is 996. The quantitative estimate of drug-likeness (QED) is 0.626. The zero-order valence-corrected chi connectivity index (χ0v) is 17.5. The number of piperazine rings is 1. The largest absolute Gasteiger partial charge is 0.360 e. The SMILES string of the molecule is Cc1noc(C)c1S(=O)(=O)N1CCN(Cc2csc(-c3cccs3)n2)CC1. The Kier molecular flexibility index (Phi) is 5.17. The van der Waals surface area contributed by atoms with E-state index in [4.69, 9.17) is 9.51 Å². The van der Waals surface area contributed by atoms with Crippen LogP contribution in [0, 0.1) is 13.8 Å². The molecule has 0 unspecified atom stereocenters. The van der Waals surface area contributed by atoms with Crippen molar-refractivity contribution in [3.05, 3.63) is 40.0 Å². The summed E-state index contributed by atoms with van der Waals surface area (Å²) in [6.07, 6.45) is 0. The predicted molar refractivity (Wildman–Crippen MR) is 105 cm³/mol. The smallest absolute Gasteiger partial charge is 0.248 e. The summed E-state index contributed by atoms with van der Waals surface area (Å²) in [6.45, 7) is 6.29. The van der Waals surface area contributed by atoms with Crippen molar-refractivity contribution >= 4 is 32.7 Å². The van der Waals surface area contributed by atoms with Crippen molar-refractivity contribution in [3.63, 3.8) is 0 Å². The van der Waals surface area contributed by atoms with Gasteiger partial charge in [-0.25, -0.2) is 13.4 Å². The summed E-state index contributed by atoms with van der Waals surface area (Å²) in [5, 5.41) is 8.95. The van der Waals surface area contributed by atoms with E-state index < -0.39 is 10.0 Å². The number of aryl methyl sites for hydroxylation is 2. The van der Waals surface area contributed by atoms with Crippen molar-refractivity contribution in [1.29, 1.82) is 0 Å². The first-order chi connectivity index (χ1) is 12.9. The van der Waals surface area contributed by atoms with Crippen LogP contribution in [0.5, 0.6) is 0 Å². The first-order valence-corrected chi connectivity index (χ1v) is 11.8. The molecule has 0 radical (unpaired) electrons. The molecule has 0 amide bonds. The Hall–Kier alpha value is -1.59. The molecule has 0 aromatic carbocycles. The lowest BCUT2D eigenvalue weighted by molar-refractivity contribution is 0.180. The van der Waals surface area contributed by atoms with Gasteiger partial charge in [-0.05, 0) is 25.3 Å². The summed E-state index contributed by atoms with van der Waals surface area (Å²) in [4.78, 5) is 8.34. The Morgan fingerprint density at radius 1 is 1.19 bits per heavy atom. The lowest BCUT2D eigenvalue weighted by Gasteiger charge is -2.33. The van der Waals surface area contributed by atoms with E-state index in [9.17, 15) is 8.42 Å². The molecule has 3 aromatic heterocycles. The molecule has 1 aliphatic rings. The van der Waals surface area contributed by atoms with Gasteiger partial charge in [0.25, 0.3) is 0 Å². The molecule has 4 rings (SSSR count). The van der Waals surface area contributed by atoms with Gasteiger partial charge >= 0.3 is 0 Å². The standard InChI is InChI=1S/C17H20N4O3S3/c1-12-16(13(2)24-19-12)27(22,23)21-7-5-20(6-8-21)10-14-11-26-17(18-14)15-4-3-9-25-15/h3-4,9,11H,5-8,10H2,1-2H3. The number of aromatic nitrogens is 2. The van der Waals surface area contributed by atoms with E-state index in [0.29, 0.717) is 37.6 Å². The van der Waals surface area contributed by atoms with E-state index >= 15 is 0 Å². The van der Waals surface area contributed by atoms with E-state index in [1.165, 1.54) is 9.18 Å². The maximum atomic E-state index is 12.9. The first kappa shape index (κ1) is 18.8. The molecule has 0 bridgehead atoms. The summed E-state index contributed by atoms with van der Waals surface area (Å²) in [5.41, 5.74) is 1.45. The van der Waals surface area contributed by atoms with E-state index in [1.54, 1.807) is 36.5 Å². The van der Waals surface area contributed by atoms with E-state index in [0.717, 1.165) is 17.2 Å². The van der Waals surface area contributed by atoms with E-state index in [2.05, 4.69) is 26.9 Å². The van der Waals surface area contributed by atoms with Gasteiger partial charge in [-0.1, -0.05) is 11.2 Å². The minimum absolute atomic E-state index is 0.205. The van der Waals surface area contributed by atoms with Gasteiger partial charge in [0.2, 0.25) is 10.0 Å². The van der Waals surface area contributed by atoms with Crippen LogP contribution in [0.15, 0.2) is 32.3 Å². The topological polar surface area (TPSA) is 79.5 Å². The Labute approximate surface area is 166 Å². The monoisotopic (exact) mass is 424 g/mol. The van der Waals surface area contributed by atoms with Crippen LogP contribution in [-0.2, 0) is 16.6 Å². The normalized spacial score (nSPS) is 16.8.